The summed E-state index contributed by atoms with van der Waals surface area (Å²) < 4.78 is 17.5. The first-order valence-electron chi connectivity index (χ1n) is 12.4. The van der Waals surface area contributed by atoms with Gasteiger partial charge in [-0.15, -0.1) is 0 Å². The molecule has 0 fully saturated rings. The lowest BCUT2D eigenvalue weighted by Gasteiger charge is -2.26. The number of Topliss-reactive ketones (excluding diaryl/α,β-unsaturated/α-hetero) is 1. The van der Waals surface area contributed by atoms with E-state index in [9.17, 15) is 9.59 Å². The van der Waals surface area contributed by atoms with Crippen LogP contribution in [0.2, 0.25) is 0 Å². The zero-order valence-electron chi connectivity index (χ0n) is 20.9. The number of fused-ring (bicyclic) bond motifs is 3. The van der Waals surface area contributed by atoms with Gasteiger partial charge in [0.05, 0.1) is 12.0 Å². The molecule has 38 heavy (non-hydrogen) atoms. The van der Waals surface area contributed by atoms with Gasteiger partial charge in [-0.25, -0.2) is 9.97 Å². The molecule has 0 saturated carbocycles. The maximum absolute atomic E-state index is 13.3. The molecule has 0 amide bonds. The van der Waals surface area contributed by atoms with Crippen LogP contribution in [-0.4, -0.2) is 21.7 Å². The van der Waals surface area contributed by atoms with E-state index >= 15 is 0 Å². The Morgan fingerprint density at radius 2 is 1.74 bits per heavy atom. The second-order valence-electron chi connectivity index (χ2n) is 9.55. The average Bonchev–Trinajstić information content (AvgIpc) is 3.24. The van der Waals surface area contributed by atoms with E-state index in [1.54, 1.807) is 42.7 Å². The Bertz CT molecular complexity index is 1580. The molecule has 0 N–H and O–H groups in total. The van der Waals surface area contributed by atoms with Crippen LogP contribution in [0.25, 0.3) is 6.08 Å². The van der Waals surface area contributed by atoms with Crippen LogP contribution < -0.4 is 14.2 Å². The highest BCUT2D eigenvalue weighted by atomic mass is 16.5. The van der Waals surface area contributed by atoms with E-state index in [4.69, 9.17) is 14.2 Å². The Balaban J connectivity index is 1.36. The highest BCUT2D eigenvalue weighted by molar-refractivity contribution is 6.15. The molecule has 0 aliphatic carbocycles. The quantitative estimate of drug-likeness (QED) is 0.175. The maximum Gasteiger partial charge on any atom is 0.321 e. The Hall–Kier alpha value is -4.78. The number of hydrogen-bond acceptors (Lipinski definition) is 7. The highest BCUT2D eigenvalue weighted by Gasteiger charge is 2.38. The Morgan fingerprint density at radius 3 is 2.50 bits per heavy atom. The molecule has 1 atom stereocenters. The van der Waals surface area contributed by atoms with Gasteiger partial charge in [-0.1, -0.05) is 50.2 Å². The number of carbonyl (C=O) groups is 2. The number of ether oxygens (including phenoxy) is 3. The summed E-state index contributed by atoms with van der Waals surface area (Å²) in [5.74, 6) is 1.05. The third kappa shape index (κ3) is 4.43. The molecule has 7 nitrogen and oxygen atoms in total. The number of rotatable bonds is 5. The predicted octanol–water partition coefficient (Wildman–Crippen LogP) is 6.45. The van der Waals surface area contributed by atoms with Crippen LogP contribution in [0.15, 0.2) is 84.9 Å². The summed E-state index contributed by atoms with van der Waals surface area (Å²) in [5.41, 5.74) is 4.03. The van der Waals surface area contributed by atoms with Gasteiger partial charge in [0.25, 0.3) is 0 Å². The number of esters is 1. The van der Waals surface area contributed by atoms with Gasteiger partial charge >= 0.3 is 12.0 Å². The normalized spacial score (nSPS) is 17.1. The molecule has 3 heterocycles. The first-order chi connectivity index (χ1) is 18.5. The van der Waals surface area contributed by atoms with E-state index in [2.05, 4.69) is 35.9 Å². The van der Waals surface area contributed by atoms with Crippen molar-refractivity contribution in [3.63, 3.8) is 0 Å². The van der Waals surface area contributed by atoms with Crippen molar-refractivity contribution in [1.29, 1.82) is 0 Å². The van der Waals surface area contributed by atoms with E-state index in [0.717, 1.165) is 11.1 Å². The predicted molar refractivity (Wildman–Crippen MR) is 141 cm³/mol. The minimum absolute atomic E-state index is 0.0992. The van der Waals surface area contributed by atoms with Crippen LogP contribution in [-0.2, 0) is 4.79 Å². The monoisotopic (exact) mass is 504 g/mol. The number of nitrogens with zero attached hydrogens (tertiary/aromatic N) is 2. The molecular weight excluding hydrogens is 480 g/mol. The summed E-state index contributed by atoms with van der Waals surface area (Å²) in [6, 6.07) is 20.7. The maximum atomic E-state index is 13.3. The molecular formula is C31H24N2O5. The fourth-order valence-electron chi connectivity index (χ4n) is 4.76. The van der Waals surface area contributed by atoms with Gasteiger partial charge in [0.15, 0.2) is 5.76 Å². The summed E-state index contributed by atoms with van der Waals surface area (Å²) in [7, 11) is 0. The number of hydrogen-bond donors (Lipinski definition) is 0. The standard InChI is InChI=1S/C31H24N2O5/c1-18(2)20-9-7-19(8-10-20)15-26-29(35)23-11-12-25-28(30(23)38-26)24(17-27(34)37-25)21-5-3-6-22(16-21)36-31-32-13-4-14-33-31/h3-16,18,24H,17H2,1-2H3/b26-15-/t24-/m0/s1. The van der Waals surface area contributed by atoms with Crippen LogP contribution in [0.1, 0.15) is 64.7 Å². The van der Waals surface area contributed by atoms with Gasteiger partial charge in [-0.3, -0.25) is 9.59 Å². The van der Waals surface area contributed by atoms with Crippen LogP contribution >= 0.6 is 0 Å². The van der Waals surface area contributed by atoms with E-state index in [-0.39, 0.29) is 35.9 Å². The molecule has 6 rings (SSSR count). The van der Waals surface area contributed by atoms with E-state index in [0.29, 0.717) is 34.3 Å². The third-order valence-corrected chi connectivity index (χ3v) is 6.69. The molecule has 0 spiro atoms. The summed E-state index contributed by atoms with van der Waals surface area (Å²) >= 11 is 0. The van der Waals surface area contributed by atoms with E-state index < -0.39 is 0 Å². The largest absolute Gasteiger partial charge is 0.452 e. The lowest BCUT2D eigenvalue weighted by Crippen LogP contribution is -2.21. The van der Waals surface area contributed by atoms with Gasteiger partial charge in [-0.2, -0.15) is 0 Å². The zero-order valence-corrected chi connectivity index (χ0v) is 20.9. The van der Waals surface area contributed by atoms with Crippen LogP contribution in [0.4, 0.5) is 0 Å². The summed E-state index contributed by atoms with van der Waals surface area (Å²) in [6.07, 6.45) is 5.04. The zero-order chi connectivity index (χ0) is 26.2. The van der Waals surface area contributed by atoms with Crippen molar-refractivity contribution in [3.8, 4) is 23.3 Å². The molecule has 4 aromatic rings. The molecule has 3 aromatic carbocycles. The van der Waals surface area contributed by atoms with Gasteiger partial charge in [0.1, 0.15) is 17.2 Å². The SMILES string of the molecule is CC(C)c1ccc(/C=C2\Oc3c(ccc4c3[C@H](c3cccc(Oc5ncccn5)c3)CC(=O)O4)C2=O)cc1. The smallest absolute Gasteiger partial charge is 0.321 e. The Kier molecular flexibility index (Phi) is 5.96. The molecule has 188 valence electrons. The van der Waals surface area contributed by atoms with Crippen LogP contribution in [0.3, 0.4) is 0 Å². The fourth-order valence-corrected chi connectivity index (χ4v) is 4.76. The second kappa shape index (κ2) is 9.59. The lowest BCUT2D eigenvalue weighted by molar-refractivity contribution is -0.135. The third-order valence-electron chi connectivity index (χ3n) is 6.69. The molecule has 0 bridgehead atoms. The summed E-state index contributed by atoms with van der Waals surface area (Å²) in [4.78, 5) is 34.0. The van der Waals surface area contributed by atoms with Crippen molar-refractivity contribution in [1.82, 2.24) is 9.97 Å². The number of allylic oxidation sites excluding steroid dienone is 1. The molecule has 0 radical (unpaired) electrons. The first kappa shape index (κ1) is 23.6. The number of ketones is 1. The van der Waals surface area contributed by atoms with Gasteiger partial charge < -0.3 is 14.2 Å². The minimum Gasteiger partial charge on any atom is -0.452 e. The number of benzene rings is 3. The number of carbonyl (C=O) groups excluding carboxylic acids is 2. The topological polar surface area (TPSA) is 87.6 Å². The summed E-state index contributed by atoms with van der Waals surface area (Å²) in [6.45, 7) is 4.27. The molecule has 2 aliphatic rings. The second-order valence-corrected chi connectivity index (χ2v) is 9.55. The fraction of sp³-hybridized carbons (Fsp3) is 0.161. The molecule has 0 saturated heterocycles. The average molecular weight is 505 g/mol. The first-order valence-corrected chi connectivity index (χ1v) is 12.4. The van der Waals surface area contributed by atoms with Crippen molar-refractivity contribution in [2.45, 2.75) is 32.1 Å². The van der Waals surface area contributed by atoms with Gasteiger partial charge in [-0.05, 0) is 59.0 Å². The molecule has 2 aliphatic heterocycles. The summed E-state index contributed by atoms with van der Waals surface area (Å²) in [5, 5.41) is 0. The highest BCUT2D eigenvalue weighted by Crippen LogP contribution is 2.49. The molecule has 7 heteroatoms. The molecule has 0 unspecified atom stereocenters. The lowest BCUT2D eigenvalue weighted by atomic mass is 9.84. The van der Waals surface area contributed by atoms with Crippen molar-refractivity contribution >= 4 is 17.8 Å². The van der Waals surface area contributed by atoms with Gasteiger partial charge in [0.2, 0.25) is 5.78 Å². The van der Waals surface area contributed by atoms with Crippen molar-refractivity contribution in [2.75, 3.05) is 0 Å². The van der Waals surface area contributed by atoms with Crippen LogP contribution in [0.5, 0.6) is 23.3 Å². The van der Waals surface area contributed by atoms with Crippen molar-refractivity contribution < 1.29 is 23.8 Å². The van der Waals surface area contributed by atoms with Gasteiger partial charge in [0, 0.05) is 23.9 Å². The van der Waals surface area contributed by atoms with E-state index in [1.807, 2.05) is 30.3 Å². The van der Waals surface area contributed by atoms with Crippen molar-refractivity contribution in [2.24, 2.45) is 0 Å². The Morgan fingerprint density at radius 1 is 0.947 bits per heavy atom. The minimum atomic E-state index is -0.390. The Labute approximate surface area is 219 Å². The van der Waals surface area contributed by atoms with E-state index in [1.165, 1.54) is 5.56 Å². The molecule has 1 aromatic heterocycles. The number of aromatic nitrogens is 2. The van der Waals surface area contributed by atoms with Crippen LogP contribution in [0, 0.1) is 0 Å². The van der Waals surface area contributed by atoms with Crippen molar-refractivity contribution in [3.05, 3.63) is 113 Å².